The van der Waals surface area contributed by atoms with E-state index in [0.717, 1.165) is 6.92 Å². The van der Waals surface area contributed by atoms with Gasteiger partial charge in [0.15, 0.2) is 6.10 Å². The Kier molecular flexibility index (Phi) is 5.60. The van der Waals surface area contributed by atoms with Crippen molar-refractivity contribution in [3.8, 4) is 5.75 Å². The molecule has 0 radical (unpaired) electrons. The van der Waals surface area contributed by atoms with E-state index in [1.165, 1.54) is 0 Å². The first-order chi connectivity index (χ1) is 10.4. The topological polar surface area (TPSA) is 105 Å². The normalized spacial score (nSPS) is 31.6. The number of ether oxygens (including phenoxy) is 3. The van der Waals surface area contributed by atoms with Gasteiger partial charge in [-0.15, -0.1) is 0 Å². The summed E-state index contributed by atoms with van der Waals surface area (Å²) in [7, 11) is 0. The maximum Gasteiger partial charge on any atom is 0.303 e. The second kappa shape index (κ2) is 7.26. The molecule has 0 aliphatic carbocycles. The van der Waals surface area contributed by atoms with Gasteiger partial charge in [-0.05, 0) is 24.3 Å². The van der Waals surface area contributed by atoms with Gasteiger partial charge in [-0.25, -0.2) is 0 Å². The van der Waals surface area contributed by atoms with Crippen LogP contribution < -0.4 is 4.74 Å². The molecule has 0 spiro atoms. The van der Waals surface area contributed by atoms with Crippen molar-refractivity contribution < 1.29 is 34.3 Å². The summed E-state index contributed by atoms with van der Waals surface area (Å²) in [5, 5.41) is 29.6. The predicted octanol–water partition coefficient (Wildman–Crippen LogP) is 0.0895. The summed E-state index contributed by atoms with van der Waals surface area (Å²) in [4.78, 5) is 11.2. The molecule has 1 fully saturated rings. The summed E-state index contributed by atoms with van der Waals surface area (Å²) in [6, 6.07) is 6.33. The molecule has 1 aliphatic rings. The van der Waals surface area contributed by atoms with E-state index in [-0.39, 0.29) is 0 Å². The average Bonchev–Trinajstić information content (AvgIpc) is 2.48. The summed E-state index contributed by atoms with van der Waals surface area (Å²) in [5.74, 6) is -0.293. The Morgan fingerprint density at radius 3 is 2.45 bits per heavy atom. The molecule has 1 heterocycles. The van der Waals surface area contributed by atoms with Crippen LogP contribution in [0.4, 0.5) is 0 Å². The number of esters is 1. The number of aliphatic hydroxyl groups excluding tert-OH is 3. The number of hydrogen-bond acceptors (Lipinski definition) is 7. The average molecular weight is 333 g/mol. The van der Waals surface area contributed by atoms with Crippen molar-refractivity contribution in [3.63, 3.8) is 0 Å². The van der Waals surface area contributed by atoms with Gasteiger partial charge in [0, 0.05) is 11.9 Å². The number of carbonyl (C=O) groups excluding carboxylic acids is 1. The van der Waals surface area contributed by atoms with Gasteiger partial charge >= 0.3 is 5.97 Å². The molecule has 1 aromatic carbocycles. The van der Waals surface area contributed by atoms with E-state index >= 15 is 0 Å². The van der Waals surface area contributed by atoms with E-state index in [4.69, 9.17) is 25.8 Å². The fraction of sp³-hybridized carbons (Fsp3) is 0.500. The molecule has 122 valence electrons. The third kappa shape index (κ3) is 3.88. The molecule has 22 heavy (non-hydrogen) atoms. The first-order valence-electron chi connectivity index (χ1n) is 6.64. The zero-order chi connectivity index (χ0) is 16.3. The molecule has 0 saturated carbocycles. The Labute approximate surface area is 132 Å². The molecule has 2 rings (SSSR count). The second-order valence-electron chi connectivity index (χ2n) is 4.85. The monoisotopic (exact) mass is 332 g/mol. The number of hydrogen-bond donors (Lipinski definition) is 3. The molecular weight excluding hydrogens is 316 g/mol. The van der Waals surface area contributed by atoms with Crippen LogP contribution in [0.5, 0.6) is 5.75 Å². The molecule has 0 amide bonds. The molecule has 8 heteroatoms. The Hall–Kier alpha value is -1.38. The molecule has 1 aromatic rings. The van der Waals surface area contributed by atoms with Crippen molar-refractivity contribution >= 4 is 17.6 Å². The van der Waals surface area contributed by atoms with Crippen LogP contribution in [0.1, 0.15) is 6.92 Å². The van der Waals surface area contributed by atoms with E-state index in [2.05, 4.69) is 0 Å². The molecule has 1 saturated heterocycles. The second-order valence-corrected chi connectivity index (χ2v) is 5.29. The van der Waals surface area contributed by atoms with E-state index < -0.39 is 43.3 Å². The van der Waals surface area contributed by atoms with Crippen LogP contribution in [-0.2, 0) is 14.3 Å². The van der Waals surface area contributed by atoms with E-state index in [9.17, 15) is 20.1 Å². The lowest BCUT2D eigenvalue weighted by atomic mass is 9.99. The SMILES string of the molecule is CC(=O)O[C@@H]1[C@H](Oc2ccc(Cl)cc2)O[C@@H](CO)[C@H](O)[C@H]1O. The van der Waals surface area contributed by atoms with Crippen LogP contribution >= 0.6 is 11.6 Å². The Morgan fingerprint density at radius 1 is 1.27 bits per heavy atom. The molecule has 0 unspecified atom stereocenters. The van der Waals surface area contributed by atoms with Crippen molar-refractivity contribution in [2.45, 2.75) is 37.6 Å². The van der Waals surface area contributed by atoms with Crippen molar-refractivity contribution in [2.75, 3.05) is 6.61 Å². The van der Waals surface area contributed by atoms with Crippen molar-refractivity contribution in [3.05, 3.63) is 29.3 Å². The Morgan fingerprint density at radius 2 is 1.91 bits per heavy atom. The quantitative estimate of drug-likeness (QED) is 0.671. The summed E-state index contributed by atoms with van der Waals surface area (Å²) in [6.45, 7) is 0.641. The lowest BCUT2D eigenvalue weighted by Crippen LogP contribution is -2.61. The lowest BCUT2D eigenvalue weighted by molar-refractivity contribution is -0.281. The van der Waals surface area contributed by atoms with Crippen LogP contribution in [0.15, 0.2) is 24.3 Å². The predicted molar refractivity (Wildman–Crippen MR) is 75.4 cm³/mol. The molecule has 5 atom stereocenters. The van der Waals surface area contributed by atoms with Gasteiger partial charge in [-0.2, -0.15) is 0 Å². The van der Waals surface area contributed by atoms with Crippen LogP contribution in [0.25, 0.3) is 0 Å². The number of benzene rings is 1. The third-order valence-corrected chi connectivity index (χ3v) is 3.44. The minimum atomic E-state index is -1.45. The summed E-state index contributed by atoms with van der Waals surface area (Å²) < 4.78 is 15.9. The smallest absolute Gasteiger partial charge is 0.303 e. The van der Waals surface area contributed by atoms with Crippen molar-refractivity contribution in [1.82, 2.24) is 0 Å². The minimum Gasteiger partial charge on any atom is -0.461 e. The molecule has 0 aromatic heterocycles. The van der Waals surface area contributed by atoms with Crippen LogP contribution in [0.3, 0.4) is 0 Å². The first-order valence-corrected chi connectivity index (χ1v) is 7.02. The third-order valence-electron chi connectivity index (χ3n) is 3.19. The number of aliphatic hydroxyl groups is 3. The van der Waals surface area contributed by atoms with Gasteiger partial charge in [0.1, 0.15) is 24.1 Å². The summed E-state index contributed by atoms with van der Waals surface area (Å²) in [5.41, 5.74) is 0. The molecule has 7 nitrogen and oxygen atoms in total. The van der Waals surface area contributed by atoms with Crippen molar-refractivity contribution in [1.29, 1.82) is 0 Å². The molecule has 1 aliphatic heterocycles. The van der Waals surface area contributed by atoms with Crippen LogP contribution in [0, 0.1) is 0 Å². The van der Waals surface area contributed by atoms with Crippen LogP contribution in [0.2, 0.25) is 5.02 Å². The van der Waals surface area contributed by atoms with E-state index in [0.29, 0.717) is 10.8 Å². The van der Waals surface area contributed by atoms with Crippen molar-refractivity contribution in [2.24, 2.45) is 0 Å². The molecule has 0 bridgehead atoms. The number of carbonyl (C=O) groups is 1. The zero-order valence-corrected chi connectivity index (χ0v) is 12.5. The highest BCUT2D eigenvalue weighted by molar-refractivity contribution is 6.30. The van der Waals surface area contributed by atoms with Gasteiger partial charge in [0.05, 0.1) is 6.61 Å². The Bertz CT molecular complexity index is 506. The lowest BCUT2D eigenvalue weighted by Gasteiger charge is -2.41. The summed E-state index contributed by atoms with van der Waals surface area (Å²) in [6.07, 6.45) is -6.32. The largest absolute Gasteiger partial charge is 0.461 e. The fourth-order valence-corrected chi connectivity index (χ4v) is 2.24. The maximum absolute atomic E-state index is 11.2. The van der Waals surface area contributed by atoms with Gasteiger partial charge in [-0.3, -0.25) is 4.79 Å². The first kappa shape index (κ1) is 17.0. The number of rotatable bonds is 4. The summed E-state index contributed by atoms with van der Waals surface area (Å²) >= 11 is 5.78. The molecular formula is C14H17ClO7. The molecule has 3 N–H and O–H groups in total. The standard InChI is InChI=1S/C14H17ClO7/c1-7(17)20-13-12(19)11(18)10(6-16)22-14(13)21-9-4-2-8(15)3-5-9/h2-5,10-14,16,18-19H,6H2,1H3/t10-,11-,12+,13-,14+/m0/s1. The number of halogens is 1. The minimum absolute atomic E-state index is 0.367. The highest BCUT2D eigenvalue weighted by Crippen LogP contribution is 2.27. The van der Waals surface area contributed by atoms with Gasteiger partial charge in [0.25, 0.3) is 0 Å². The van der Waals surface area contributed by atoms with Gasteiger partial charge < -0.3 is 29.5 Å². The zero-order valence-electron chi connectivity index (χ0n) is 11.8. The fourth-order valence-electron chi connectivity index (χ4n) is 2.12. The highest BCUT2D eigenvalue weighted by Gasteiger charge is 2.47. The van der Waals surface area contributed by atoms with Gasteiger partial charge in [0.2, 0.25) is 6.29 Å². The van der Waals surface area contributed by atoms with Gasteiger partial charge in [-0.1, -0.05) is 11.6 Å². The van der Waals surface area contributed by atoms with E-state index in [1.54, 1.807) is 24.3 Å². The van der Waals surface area contributed by atoms with E-state index in [1.807, 2.05) is 0 Å². The van der Waals surface area contributed by atoms with Crippen LogP contribution in [-0.4, -0.2) is 58.6 Å². The Balaban J connectivity index is 2.18. The highest BCUT2D eigenvalue weighted by atomic mass is 35.5. The maximum atomic E-state index is 11.2.